The molecule has 0 aliphatic heterocycles. The van der Waals surface area contributed by atoms with Gasteiger partial charge < -0.3 is 9.72 Å². The maximum absolute atomic E-state index is 12.2. The first-order valence-corrected chi connectivity index (χ1v) is 5.74. The van der Waals surface area contributed by atoms with Crippen LogP contribution in [0, 0.1) is 6.92 Å². The Labute approximate surface area is 106 Å². The molecule has 0 aliphatic rings. The summed E-state index contributed by atoms with van der Waals surface area (Å²) in [6.45, 7) is 1.89. The third kappa shape index (κ3) is 1.86. The van der Waals surface area contributed by atoms with Gasteiger partial charge in [-0.15, -0.1) is 0 Å². The number of ether oxygens (including phenoxy) is 1. The number of nitrogens with one attached hydrogen (secondary N) is 1. The maximum atomic E-state index is 12.2. The third-order valence-corrected chi connectivity index (χ3v) is 3.26. The number of carbonyl (C=O) groups excluding carboxylic acids is 1. The molecular weight excluding hydrogens is 286 g/mol. The molecule has 4 nitrogen and oxygen atoms in total. The van der Waals surface area contributed by atoms with Crippen LogP contribution in [0.5, 0.6) is 0 Å². The van der Waals surface area contributed by atoms with Crippen molar-refractivity contribution in [3.63, 3.8) is 0 Å². The van der Waals surface area contributed by atoms with E-state index in [1.165, 1.54) is 13.3 Å². The number of rotatable bonds is 1. The minimum Gasteiger partial charge on any atom is -0.465 e. The van der Waals surface area contributed by atoms with Gasteiger partial charge in [0.05, 0.1) is 18.0 Å². The van der Waals surface area contributed by atoms with Gasteiger partial charge in [-0.3, -0.25) is 4.79 Å². The van der Waals surface area contributed by atoms with Crippen molar-refractivity contribution in [3.8, 4) is 0 Å². The molecule has 0 fully saturated rings. The predicted molar refractivity (Wildman–Crippen MR) is 68.3 cm³/mol. The second-order valence-electron chi connectivity index (χ2n) is 3.64. The molecule has 17 heavy (non-hydrogen) atoms. The van der Waals surface area contributed by atoms with Crippen LogP contribution in [0.4, 0.5) is 0 Å². The fourth-order valence-corrected chi connectivity index (χ4v) is 2.21. The van der Waals surface area contributed by atoms with Crippen LogP contribution in [0.2, 0.25) is 0 Å². The average molecular weight is 296 g/mol. The molecule has 2 rings (SSSR count). The van der Waals surface area contributed by atoms with Crippen molar-refractivity contribution < 1.29 is 9.53 Å². The van der Waals surface area contributed by atoms with Crippen molar-refractivity contribution in [2.45, 2.75) is 6.92 Å². The standard InChI is InChI=1S/C12H10BrNO3/c1-6-3-4-8(13)9-10(6)14-5-7(11(9)15)12(16)17-2/h3-5H,1-2H3,(H,14,15). The Kier molecular flexibility index (Phi) is 3.02. The summed E-state index contributed by atoms with van der Waals surface area (Å²) in [5, 5.41) is 0.466. The Balaban J connectivity index is 2.89. The van der Waals surface area contributed by atoms with Crippen LogP contribution in [0.1, 0.15) is 15.9 Å². The van der Waals surface area contributed by atoms with Crippen LogP contribution in [0.25, 0.3) is 10.9 Å². The zero-order chi connectivity index (χ0) is 12.6. The Bertz CT molecular complexity index is 661. The van der Waals surface area contributed by atoms with Crippen molar-refractivity contribution in [1.29, 1.82) is 0 Å². The first kappa shape index (κ1) is 11.9. The molecule has 1 N–H and O–H groups in total. The molecule has 0 radical (unpaired) electrons. The smallest absolute Gasteiger partial charge is 0.343 e. The highest BCUT2D eigenvalue weighted by molar-refractivity contribution is 9.10. The summed E-state index contributed by atoms with van der Waals surface area (Å²) in [6, 6.07) is 3.67. The molecule has 88 valence electrons. The van der Waals surface area contributed by atoms with Gasteiger partial charge in [-0.2, -0.15) is 0 Å². The van der Waals surface area contributed by atoms with Gasteiger partial charge in [-0.25, -0.2) is 4.79 Å². The molecule has 2 aromatic rings. The number of halogens is 1. The quantitative estimate of drug-likeness (QED) is 0.822. The number of H-pyrrole nitrogens is 1. The SMILES string of the molecule is COC(=O)c1c[nH]c2c(C)ccc(Br)c2c1=O. The van der Waals surface area contributed by atoms with E-state index in [0.717, 1.165) is 11.1 Å². The Morgan fingerprint density at radius 1 is 1.41 bits per heavy atom. The molecule has 1 aromatic carbocycles. The lowest BCUT2D eigenvalue weighted by Crippen LogP contribution is -2.17. The third-order valence-electron chi connectivity index (χ3n) is 2.60. The fraction of sp³-hybridized carbons (Fsp3) is 0.167. The van der Waals surface area contributed by atoms with Crippen LogP contribution in [0.15, 0.2) is 27.6 Å². The molecular formula is C12H10BrNO3. The van der Waals surface area contributed by atoms with Crippen molar-refractivity contribution >= 4 is 32.8 Å². The number of pyridine rings is 1. The van der Waals surface area contributed by atoms with Crippen LogP contribution in [-0.4, -0.2) is 18.1 Å². The molecule has 0 aliphatic carbocycles. The van der Waals surface area contributed by atoms with E-state index in [2.05, 4.69) is 25.7 Å². The van der Waals surface area contributed by atoms with Gasteiger partial charge in [0, 0.05) is 10.7 Å². The van der Waals surface area contributed by atoms with Crippen LogP contribution in [0.3, 0.4) is 0 Å². The highest BCUT2D eigenvalue weighted by Gasteiger charge is 2.15. The lowest BCUT2D eigenvalue weighted by atomic mass is 10.1. The molecule has 0 amide bonds. The molecule has 0 saturated heterocycles. The zero-order valence-corrected chi connectivity index (χ0v) is 10.9. The van der Waals surface area contributed by atoms with E-state index in [9.17, 15) is 9.59 Å². The van der Waals surface area contributed by atoms with Gasteiger partial charge in [0.15, 0.2) is 0 Å². The van der Waals surface area contributed by atoms with Crippen LogP contribution in [-0.2, 0) is 4.74 Å². The van der Waals surface area contributed by atoms with Gasteiger partial charge in [0.25, 0.3) is 0 Å². The van der Waals surface area contributed by atoms with E-state index in [0.29, 0.717) is 9.86 Å². The molecule has 0 atom stereocenters. The molecule has 1 heterocycles. The number of esters is 1. The van der Waals surface area contributed by atoms with E-state index in [-0.39, 0.29) is 11.0 Å². The molecule has 0 spiro atoms. The molecule has 1 aromatic heterocycles. The van der Waals surface area contributed by atoms with Crippen molar-refractivity contribution in [2.75, 3.05) is 7.11 Å². The van der Waals surface area contributed by atoms with Crippen LogP contribution < -0.4 is 5.43 Å². The molecule has 0 bridgehead atoms. The summed E-state index contributed by atoms with van der Waals surface area (Å²) in [5.41, 5.74) is 1.33. The van der Waals surface area contributed by atoms with Crippen LogP contribution >= 0.6 is 15.9 Å². The number of hydrogen-bond acceptors (Lipinski definition) is 3. The van der Waals surface area contributed by atoms with E-state index in [4.69, 9.17) is 0 Å². The lowest BCUT2D eigenvalue weighted by Gasteiger charge is -2.05. The summed E-state index contributed by atoms with van der Waals surface area (Å²) >= 11 is 3.31. The largest absolute Gasteiger partial charge is 0.465 e. The molecule has 5 heteroatoms. The minimum atomic E-state index is -0.637. The predicted octanol–water partition coefficient (Wildman–Crippen LogP) is 2.39. The van der Waals surface area contributed by atoms with Crippen molar-refractivity contribution in [1.82, 2.24) is 4.98 Å². The summed E-state index contributed by atoms with van der Waals surface area (Å²) in [6.07, 6.45) is 1.38. The Morgan fingerprint density at radius 3 is 2.76 bits per heavy atom. The van der Waals surface area contributed by atoms with E-state index in [1.54, 1.807) is 6.07 Å². The molecule has 0 unspecified atom stereocenters. The highest BCUT2D eigenvalue weighted by Crippen LogP contribution is 2.22. The number of methoxy groups -OCH3 is 1. The number of fused-ring (bicyclic) bond motifs is 1. The first-order chi connectivity index (χ1) is 8.06. The maximum Gasteiger partial charge on any atom is 0.343 e. The van der Waals surface area contributed by atoms with Gasteiger partial charge in [-0.05, 0) is 34.5 Å². The second-order valence-corrected chi connectivity index (χ2v) is 4.49. The topological polar surface area (TPSA) is 59.2 Å². The zero-order valence-electron chi connectivity index (χ0n) is 9.33. The van der Waals surface area contributed by atoms with Crippen molar-refractivity contribution in [2.24, 2.45) is 0 Å². The number of carbonyl (C=O) groups is 1. The number of hydrogen-bond donors (Lipinski definition) is 1. The Morgan fingerprint density at radius 2 is 2.12 bits per heavy atom. The number of benzene rings is 1. The minimum absolute atomic E-state index is 0.00583. The number of aromatic amines is 1. The first-order valence-electron chi connectivity index (χ1n) is 4.95. The summed E-state index contributed by atoms with van der Waals surface area (Å²) < 4.78 is 5.22. The van der Waals surface area contributed by atoms with E-state index >= 15 is 0 Å². The summed E-state index contributed by atoms with van der Waals surface area (Å²) in [5.74, 6) is -0.637. The molecule has 0 saturated carbocycles. The number of aryl methyl sites for hydroxylation is 1. The average Bonchev–Trinajstić information content (AvgIpc) is 2.33. The van der Waals surface area contributed by atoms with Gasteiger partial charge in [-0.1, -0.05) is 6.07 Å². The van der Waals surface area contributed by atoms with Gasteiger partial charge in [0.1, 0.15) is 5.56 Å². The normalized spacial score (nSPS) is 10.5. The van der Waals surface area contributed by atoms with E-state index in [1.807, 2.05) is 13.0 Å². The monoisotopic (exact) mass is 295 g/mol. The Hall–Kier alpha value is -1.62. The van der Waals surface area contributed by atoms with Gasteiger partial charge >= 0.3 is 5.97 Å². The fourth-order valence-electron chi connectivity index (χ4n) is 1.70. The summed E-state index contributed by atoms with van der Waals surface area (Å²) in [4.78, 5) is 26.5. The van der Waals surface area contributed by atoms with E-state index < -0.39 is 5.97 Å². The highest BCUT2D eigenvalue weighted by atomic mass is 79.9. The summed E-state index contributed by atoms with van der Waals surface area (Å²) in [7, 11) is 1.25. The second kappa shape index (κ2) is 4.33. The van der Waals surface area contributed by atoms with Gasteiger partial charge in [0.2, 0.25) is 5.43 Å². The lowest BCUT2D eigenvalue weighted by molar-refractivity contribution is 0.0599. The number of aromatic nitrogens is 1. The van der Waals surface area contributed by atoms with Crippen molar-refractivity contribution in [3.05, 3.63) is 44.2 Å².